The number of aromatic nitrogens is 1. The summed E-state index contributed by atoms with van der Waals surface area (Å²) in [5.41, 5.74) is 1.84. The maximum atomic E-state index is 12.4. The van der Waals surface area contributed by atoms with E-state index in [2.05, 4.69) is 15.6 Å². The van der Waals surface area contributed by atoms with Gasteiger partial charge in [-0.1, -0.05) is 49.2 Å². The van der Waals surface area contributed by atoms with E-state index in [0.717, 1.165) is 36.8 Å². The van der Waals surface area contributed by atoms with Crippen LogP contribution in [0.25, 0.3) is 0 Å². The molecule has 0 saturated heterocycles. The molecule has 0 spiro atoms. The van der Waals surface area contributed by atoms with Crippen molar-refractivity contribution in [2.45, 2.75) is 51.8 Å². The monoisotopic (exact) mass is 381 g/mol. The number of nitrogens with zero attached hydrogens (tertiary/aromatic N) is 1. The number of benzene rings is 1. The largest absolute Gasteiger partial charge is 0.473 e. The lowest BCUT2D eigenvalue weighted by Crippen LogP contribution is -2.46. The first-order valence-electron chi connectivity index (χ1n) is 9.82. The van der Waals surface area contributed by atoms with Crippen LogP contribution >= 0.6 is 0 Å². The normalized spacial score (nSPS) is 15.0. The number of pyridine rings is 1. The molecule has 1 heterocycles. The van der Waals surface area contributed by atoms with Gasteiger partial charge in [0.05, 0.1) is 0 Å². The van der Waals surface area contributed by atoms with Crippen molar-refractivity contribution in [1.82, 2.24) is 15.6 Å². The van der Waals surface area contributed by atoms with E-state index in [1.807, 2.05) is 42.5 Å². The molecule has 1 aliphatic rings. The average Bonchev–Trinajstić information content (AvgIpc) is 3.27. The maximum absolute atomic E-state index is 12.4. The molecule has 3 rings (SSSR count). The van der Waals surface area contributed by atoms with E-state index in [9.17, 15) is 9.59 Å². The van der Waals surface area contributed by atoms with Crippen LogP contribution in [0.1, 0.15) is 43.7 Å². The highest BCUT2D eigenvalue weighted by Gasteiger charge is 2.25. The highest BCUT2D eigenvalue weighted by Crippen LogP contribution is 2.24. The minimum atomic E-state index is -0.571. The zero-order valence-corrected chi connectivity index (χ0v) is 16.2. The minimum absolute atomic E-state index is 0.0200. The van der Waals surface area contributed by atoms with Crippen LogP contribution in [0.3, 0.4) is 0 Å². The Labute approximate surface area is 165 Å². The number of rotatable bonds is 8. The van der Waals surface area contributed by atoms with Crippen LogP contribution in [0.15, 0.2) is 48.7 Å². The molecule has 2 amide bonds. The molecule has 0 bridgehead atoms. The lowest BCUT2D eigenvalue weighted by molar-refractivity contribution is -0.130. The molecule has 1 saturated carbocycles. The second-order valence-corrected chi connectivity index (χ2v) is 7.17. The zero-order valence-electron chi connectivity index (χ0n) is 16.2. The topological polar surface area (TPSA) is 80.3 Å². The van der Waals surface area contributed by atoms with E-state index >= 15 is 0 Å². The van der Waals surface area contributed by atoms with E-state index in [-0.39, 0.29) is 17.7 Å². The van der Waals surface area contributed by atoms with Gasteiger partial charge in [-0.05, 0) is 31.4 Å². The number of amides is 2. The van der Waals surface area contributed by atoms with E-state index in [1.165, 1.54) is 0 Å². The first kappa shape index (κ1) is 19.9. The molecule has 6 nitrogen and oxygen atoms in total. The van der Waals surface area contributed by atoms with Crippen LogP contribution in [0, 0.1) is 5.92 Å². The van der Waals surface area contributed by atoms with Gasteiger partial charge in [-0.15, -0.1) is 0 Å². The molecule has 1 aromatic heterocycles. The molecule has 1 atom stereocenters. The maximum Gasteiger partial charge on any atom is 0.242 e. The van der Waals surface area contributed by atoms with Crippen molar-refractivity contribution in [2.75, 3.05) is 0 Å². The summed E-state index contributed by atoms with van der Waals surface area (Å²) in [6.45, 7) is 2.41. The molecular weight excluding hydrogens is 354 g/mol. The summed E-state index contributed by atoms with van der Waals surface area (Å²) in [6.07, 6.45) is 5.67. The molecule has 1 aromatic carbocycles. The summed E-state index contributed by atoms with van der Waals surface area (Å²) in [5, 5.41) is 5.68. The van der Waals surface area contributed by atoms with Gasteiger partial charge in [0.25, 0.3) is 0 Å². The van der Waals surface area contributed by atoms with Crippen LogP contribution in [-0.2, 0) is 22.7 Å². The lowest BCUT2D eigenvalue weighted by atomic mass is 10.1. The van der Waals surface area contributed by atoms with Crippen LogP contribution < -0.4 is 15.4 Å². The van der Waals surface area contributed by atoms with Gasteiger partial charge in [-0.25, -0.2) is 4.98 Å². The molecule has 1 unspecified atom stereocenters. The summed E-state index contributed by atoms with van der Waals surface area (Å²) in [7, 11) is 0. The average molecular weight is 381 g/mol. The zero-order chi connectivity index (χ0) is 19.8. The molecule has 2 aromatic rings. The number of hydrogen-bond donors (Lipinski definition) is 2. The van der Waals surface area contributed by atoms with Gasteiger partial charge < -0.3 is 15.4 Å². The third kappa shape index (κ3) is 5.55. The molecule has 0 radical (unpaired) electrons. The van der Waals surface area contributed by atoms with Gasteiger partial charge in [-0.2, -0.15) is 0 Å². The number of nitrogens with one attached hydrogen (secondary N) is 2. The standard InChI is InChI=1S/C22H27N3O3/c1-16(25-21(27)18-10-5-6-11-18)20(26)24-14-19-12-7-13-23-22(19)28-15-17-8-3-2-4-9-17/h2-4,7-9,12-13,16,18H,5-6,10-11,14-15H2,1H3,(H,24,26)(H,25,27). The highest BCUT2D eigenvalue weighted by molar-refractivity contribution is 5.88. The SMILES string of the molecule is CC(NC(=O)C1CCCC1)C(=O)NCc1cccnc1OCc1ccccc1. The number of hydrogen-bond acceptors (Lipinski definition) is 4. The molecule has 6 heteroatoms. The van der Waals surface area contributed by atoms with Crippen molar-refractivity contribution in [3.63, 3.8) is 0 Å². The first-order chi connectivity index (χ1) is 13.6. The van der Waals surface area contributed by atoms with E-state index < -0.39 is 6.04 Å². The van der Waals surface area contributed by atoms with Crippen LogP contribution in [0.5, 0.6) is 5.88 Å². The summed E-state index contributed by atoms with van der Waals surface area (Å²) in [5.74, 6) is 0.304. The van der Waals surface area contributed by atoms with Crippen molar-refractivity contribution >= 4 is 11.8 Å². The lowest BCUT2D eigenvalue weighted by Gasteiger charge is -2.17. The number of carbonyl (C=O) groups excluding carboxylic acids is 2. The first-order valence-corrected chi connectivity index (χ1v) is 9.82. The van der Waals surface area contributed by atoms with Gasteiger partial charge in [0.15, 0.2) is 0 Å². The Morgan fingerprint density at radius 2 is 1.89 bits per heavy atom. The van der Waals surface area contributed by atoms with Crippen molar-refractivity contribution in [1.29, 1.82) is 0 Å². The molecule has 1 fully saturated rings. The van der Waals surface area contributed by atoms with Gasteiger partial charge in [0.2, 0.25) is 17.7 Å². The smallest absolute Gasteiger partial charge is 0.242 e. The van der Waals surface area contributed by atoms with Crippen molar-refractivity contribution in [3.8, 4) is 5.88 Å². The summed E-state index contributed by atoms with van der Waals surface area (Å²) in [6, 6.07) is 12.9. The van der Waals surface area contributed by atoms with Crippen molar-refractivity contribution in [3.05, 3.63) is 59.8 Å². The second kappa shape index (κ2) is 9.88. The minimum Gasteiger partial charge on any atom is -0.473 e. The third-order valence-corrected chi connectivity index (χ3v) is 5.00. The number of ether oxygens (including phenoxy) is 1. The fourth-order valence-corrected chi connectivity index (χ4v) is 3.33. The van der Waals surface area contributed by atoms with Crippen LogP contribution in [0.2, 0.25) is 0 Å². The second-order valence-electron chi connectivity index (χ2n) is 7.17. The Hall–Kier alpha value is -2.89. The van der Waals surface area contributed by atoms with Gasteiger partial charge >= 0.3 is 0 Å². The fraction of sp³-hybridized carbons (Fsp3) is 0.409. The molecule has 0 aliphatic heterocycles. The van der Waals surface area contributed by atoms with Crippen molar-refractivity contribution < 1.29 is 14.3 Å². The van der Waals surface area contributed by atoms with E-state index in [4.69, 9.17) is 4.74 Å². The quantitative estimate of drug-likeness (QED) is 0.737. The van der Waals surface area contributed by atoms with Crippen LogP contribution in [-0.4, -0.2) is 22.8 Å². The summed E-state index contributed by atoms with van der Waals surface area (Å²) in [4.78, 5) is 28.8. The summed E-state index contributed by atoms with van der Waals surface area (Å²) < 4.78 is 5.82. The predicted molar refractivity (Wildman–Crippen MR) is 106 cm³/mol. The molecule has 28 heavy (non-hydrogen) atoms. The van der Waals surface area contributed by atoms with Gasteiger partial charge in [0.1, 0.15) is 12.6 Å². The molecule has 148 valence electrons. The third-order valence-electron chi connectivity index (χ3n) is 5.00. The Balaban J connectivity index is 1.50. The van der Waals surface area contributed by atoms with E-state index in [1.54, 1.807) is 13.1 Å². The predicted octanol–water partition coefficient (Wildman–Crippen LogP) is 2.97. The summed E-state index contributed by atoms with van der Waals surface area (Å²) >= 11 is 0. The van der Waals surface area contributed by atoms with Crippen molar-refractivity contribution in [2.24, 2.45) is 5.92 Å². The Kier molecular flexibility index (Phi) is 7.00. The van der Waals surface area contributed by atoms with Crippen LogP contribution in [0.4, 0.5) is 0 Å². The highest BCUT2D eigenvalue weighted by atomic mass is 16.5. The van der Waals surface area contributed by atoms with E-state index in [0.29, 0.717) is 19.0 Å². The molecule has 1 aliphatic carbocycles. The number of carbonyl (C=O) groups is 2. The Bertz CT molecular complexity index is 789. The van der Waals surface area contributed by atoms with Gasteiger partial charge in [-0.3, -0.25) is 9.59 Å². The Morgan fingerprint density at radius 3 is 2.64 bits per heavy atom. The molecule has 2 N–H and O–H groups in total. The fourth-order valence-electron chi connectivity index (χ4n) is 3.33. The van der Waals surface area contributed by atoms with Gasteiger partial charge in [0, 0.05) is 24.2 Å². The Morgan fingerprint density at radius 1 is 1.14 bits per heavy atom. The molecular formula is C22H27N3O3.